The highest BCUT2D eigenvalue weighted by molar-refractivity contribution is 5.70. The smallest absolute Gasteiger partial charge is 0.307 e. The monoisotopic (exact) mass is 435 g/mol. The van der Waals surface area contributed by atoms with Crippen LogP contribution in [0, 0.1) is 5.82 Å². The molecule has 3 aromatic rings. The Morgan fingerprint density at radius 3 is 2.81 bits per heavy atom. The summed E-state index contributed by atoms with van der Waals surface area (Å²) in [5.74, 6) is -0.866. The molecule has 2 heterocycles. The van der Waals surface area contributed by atoms with Crippen LogP contribution in [0.15, 0.2) is 66.9 Å². The lowest BCUT2D eigenvalue weighted by Crippen LogP contribution is -2.43. The molecule has 0 fully saturated rings. The third kappa shape index (κ3) is 5.23. The van der Waals surface area contributed by atoms with Gasteiger partial charge < -0.3 is 20.5 Å². The van der Waals surface area contributed by atoms with E-state index in [1.807, 2.05) is 49.4 Å². The molecule has 3 N–H and O–H groups in total. The van der Waals surface area contributed by atoms with Crippen LogP contribution in [0.4, 0.5) is 10.1 Å². The summed E-state index contributed by atoms with van der Waals surface area (Å²) in [7, 11) is 0. The van der Waals surface area contributed by atoms with Crippen LogP contribution >= 0.6 is 0 Å². The average Bonchev–Trinajstić information content (AvgIpc) is 2.79. The molecule has 1 aliphatic rings. The molecule has 0 bridgehead atoms. The first kappa shape index (κ1) is 21.8. The van der Waals surface area contributed by atoms with Gasteiger partial charge in [0.15, 0.2) is 0 Å². The number of nitrogens with one attached hydrogen (secondary N) is 2. The summed E-state index contributed by atoms with van der Waals surface area (Å²) >= 11 is 0. The van der Waals surface area contributed by atoms with Crippen LogP contribution in [0.5, 0.6) is 5.88 Å². The van der Waals surface area contributed by atoms with Crippen LogP contribution in [0.25, 0.3) is 0 Å². The average molecular weight is 435 g/mol. The molecule has 2 aromatic carbocycles. The number of aromatic nitrogens is 1. The van der Waals surface area contributed by atoms with E-state index in [0.717, 1.165) is 16.8 Å². The van der Waals surface area contributed by atoms with Crippen molar-refractivity contribution in [1.29, 1.82) is 0 Å². The third-order valence-corrected chi connectivity index (χ3v) is 5.61. The molecule has 0 saturated heterocycles. The second-order valence-electron chi connectivity index (χ2n) is 8.05. The maximum Gasteiger partial charge on any atom is 0.307 e. The number of carbonyl (C=O) groups is 1. The Morgan fingerprint density at radius 2 is 2.03 bits per heavy atom. The molecule has 0 amide bonds. The SMILES string of the molecule is C[C@@H](CN[C@H](c1ccccc1)[C@H]1CNc2cccnc2O1)c1cc(F)cc(CC(=O)O)c1. The van der Waals surface area contributed by atoms with E-state index in [2.05, 4.69) is 15.6 Å². The van der Waals surface area contributed by atoms with Crippen molar-refractivity contribution in [2.24, 2.45) is 0 Å². The summed E-state index contributed by atoms with van der Waals surface area (Å²) in [6.45, 7) is 3.16. The first-order valence-corrected chi connectivity index (χ1v) is 10.6. The summed E-state index contributed by atoms with van der Waals surface area (Å²) in [6.07, 6.45) is 1.31. The van der Waals surface area contributed by atoms with E-state index in [0.29, 0.717) is 24.5 Å². The number of hydrogen-bond acceptors (Lipinski definition) is 5. The fourth-order valence-corrected chi connectivity index (χ4v) is 3.98. The lowest BCUT2D eigenvalue weighted by Gasteiger charge is -2.33. The summed E-state index contributed by atoms with van der Waals surface area (Å²) in [4.78, 5) is 15.4. The van der Waals surface area contributed by atoms with Gasteiger partial charge in [-0.05, 0) is 46.9 Å². The van der Waals surface area contributed by atoms with Gasteiger partial charge in [-0.3, -0.25) is 4.79 Å². The van der Waals surface area contributed by atoms with E-state index in [1.165, 1.54) is 12.1 Å². The first-order chi connectivity index (χ1) is 15.5. The third-order valence-electron chi connectivity index (χ3n) is 5.61. The lowest BCUT2D eigenvalue weighted by molar-refractivity contribution is -0.136. The summed E-state index contributed by atoms with van der Waals surface area (Å²) < 4.78 is 20.3. The number of benzene rings is 2. The van der Waals surface area contributed by atoms with Crippen molar-refractivity contribution < 1.29 is 19.0 Å². The number of halogens is 1. The van der Waals surface area contributed by atoms with E-state index in [-0.39, 0.29) is 24.5 Å². The van der Waals surface area contributed by atoms with E-state index in [1.54, 1.807) is 12.3 Å². The summed E-state index contributed by atoms with van der Waals surface area (Å²) in [6, 6.07) is 18.2. The van der Waals surface area contributed by atoms with Crippen LogP contribution in [0.3, 0.4) is 0 Å². The van der Waals surface area contributed by atoms with Crippen molar-refractivity contribution in [1.82, 2.24) is 10.3 Å². The second kappa shape index (κ2) is 9.78. The molecule has 0 spiro atoms. The minimum Gasteiger partial charge on any atom is -0.481 e. The number of carboxylic acids is 1. The Balaban J connectivity index is 1.51. The molecule has 0 saturated carbocycles. The Morgan fingerprint density at radius 1 is 1.22 bits per heavy atom. The number of anilines is 1. The maximum atomic E-state index is 14.1. The number of nitrogens with zero attached hydrogens (tertiary/aromatic N) is 1. The zero-order valence-corrected chi connectivity index (χ0v) is 17.8. The standard InChI is InChI=1S/C25H26FN3O3/c1-16(19-10-17(12-23(30)31)11-20(26)13-19)14-29-24(18-6-3-2-4-7-18)22-15-28-21-8-5-9-27-25(21)32-22/h2-11,13,16,22,24,28-29H,12,14-15H2,1H3,(H,30,31)/t16-,22+,24+/m0/s1. The van der Waals surface area contributed by atoms with Crippen molar-refractivity contribution in [3.05, 3.63) is 89.4 Å². The van der Waals surface area contributed by atoms with Crippen LogP contribution in [0.2, 0.25) is 0 Å². The largest absolute Gasteiger partial charge is 0.481 e. The molecular formula is C25H26FN3O3. The summed E-state index contributed by atoms with van der Waals surface area (Å²) in [5, 5.41) is 16.0. The van der Waals surface area contributed by atoms with Crippen molar-refractivity contribution in [2.75, 3.05) is 18.4 Å². The number of rotatable bonds is 8. The molecule has 32 heavy (non-hydrogen) atoms. The van der Waals surface area contributed by atoms with Crippen LogP contribution in [0.1, 0.15) is 35.6 Å². The van der Waals surface area contributed by atoms with E-state index >= 15 is 0 Å². The molecule has 166 valence electrons. The van der Waals surface area contributed by atoms with Gasteiger partial charge in [0.25, 0.3) is 0 Å². The van der Waals surface area contributed by atoms with Crippen LogP contribution in [-0.4, -0.2) is 35.3 Å². The Hall–Kier alpha value is -3.45. The predicted octanol–water partition coefficient (Wildman–Crippen LogP) is 4.16. The first-order valence-electron chi connectivity index (χ1n) is 10.6. The summed E-state index contributed by atoms with van der Waals surface area (Å²) in [5.41, 5.74) is 3.17. The number of ether oxygens (including phenoxy) is 1. The highest BCUT2D eigenvalue weighted by Crippen LogP contribution is 2.31. The van der Waals surface area contributed by atoms with E-state index in [9.17, 15) is 9.18 Å². The Labute approximate surface area is 186 Å². The molecule has 3 atom stereocenters. The van der Waals surface area contributed by atoms with Crippen molar-refractivity contribution in [3.8, 4) is 5.88 Å². The minimum absolute atomic E-state index is 0.0357. The Bertz CT molecular complexity index is 1080. The molecule has 1 aromatic heterocycles. The highest BCUT2D eigenvalue weighted by atomic mass is 19.1. The topological polar surface area (TPSA) is 83.5 Å². The fraction of sp³-hybridized carbons (Fsp3) is 0.280. The quantitative estimate of drug-likeness (QED) is 0.493. The van der Waals surface area contributed by atoms with Gasteiger partial charge in [0.1, 0.15) is 11.9 Å². The molecule has 0 aliphatic carbocycles. The van der Waals surface area contributed by atoms with Gasteiger partial charge >= 0.3 is 5.97 Å². The van der Waals surface area contributed by atoms with Gasteiger partial charge in [0.05, 0.1) is 24.7 Å². The van der Waals surface area contributed by atoms with Crippen LogP contribution < -0.4 is 15.4 Å². The number of aliphatic carboxylic acids is 1. The van der Waals surface area contributed by atoms with Gasteiger partial charge in [-0.15, -0.1) is 0 Å². The van der Waals surface area contributed by atoms with Gasteiger partial charge in [-0.2, -0.15) is 0 Å². The zero-order valence-electron chi connectivity index (χ0n) is 17.8. The van der Waals surface area contributed by atoms with E-state index in [4.69, 9.17) is 9.84 Å². The second-order valence-corrected chi connectivity index (χ2v) is 8.05. The zero-order chi connectivity index (χ0) is 22.5. The minimum atomic E-state index is -0.979. The van der Waals surface area contributed by atoms with Crippen LogP contribution in [-0.2, 0) is 11.2 Å². The normalized spacial score (nSPS) is 16.9. The van der Waals surface area contributed by atoms with Gasteiger partial charge in [0, 0.05) is 12.7 Å². The van der Waals surface area contributed by atoms with Gasteiger partial charge in [-0.25, -0.2) is 9.37 Å². The van der Waals surface area contributed by atoms with Crippen molar-refractivity contribution in [2.45, 2.75) is 31.4 Å². The lowest BCUT2D eigenvalue weighted by atomic mass is 9.95. The molecule has 1 aliphatic heterocycles. The number of fused-ring (bicyclic) bond motifs is 1. The number of carboxylic acid groups (broad SMARTS) is 1. The molecule has 6 nitrogen and oxygen atoms in total. The Kier molecular flexibility index (Phi) is 6.66. The molecule has 4 rings (SSSR count). The molecule has 7 heteroatoms. The maximum absolute atomic E-state index is 14.1. The molecular weight excluding hydrogens is 409 g/mol. The van der Waals surface area contributed by atoms with Crippen molar-refractivity contribution in [3.63, 3.8) is 0 Å². The fourth-order valence-electron chi connectivity index (χ4n) is 3.98. The molecule has 0 radical (unpaired) electrons. The predicted molar refractivity (Wildman–Crippen MR) is 120 cm³/mol. The number of pyridine rings is 1. The molecule has 0 unspecified atom stereocenters. The van der Waals surface area contributed by atoms with Crippen molar-refractivity contribution >= 4 is 11.7 Å². The van der Waals surface area contributed by atoms with Gasteiger partial charge in [0.2, 0.25) is 5.88 Å². The van der Waals surface area contributed by atoms with Gasteiger partial charge in [-0.1, -0.05) is 43.3 Å². The van der Waals surface area contributed by atoms with E-state index < -0.39 is 11.8 Å². The number of hydrogen-bond donors (Lipinski definition) is 3. The highest BCUT2D eigenvalue weighted by Gasteiger charge is 2.29.